The fourth-order valence-corrected chi connectivity index (χ4v) is 7.09. The van der Waals surface area contributed by atoms with Crippen molar-refractivity contribution in [3.63, 3.8) is 0 Å². The predicted octanol–water partition coefficient (Wildman–Crippen LogP) is 5.37. The lowest BCUT2D eigenvalue weighted by Gasteiger charge is -2.28. The minimum absolute atomic E-state index is 0.498. The second-order valence-electron chi connectivity index (χ2n) is 7.96. The number of rotatable bonds is 2. The normalized spacial score (nSPS) is 15.2. The van der Waals surface area contributed by atoms with Gasteiger partial charge in [-0.1, -0.05) is 74.5 Å². The van der Waals surface area contributed by atoms with Gasteiger partial charge in [0.25, 0.3) is 0 Å². The fourth-order valence-electron chi connectivity index (χ4n) is 4.55. The molecular weight excluding hydrogens is 371 g/mol. The molecule has 6 rings (SSSR count). The van der Waals surface area contributed by atoms with E-state index in [1.807, 2.05) is 6.20 Å². The number of fused-ring (bicyclic) bond motifs is 5. The second kappa shape index (κ2) is 6.27. The Morgan fingerprint density at radius 3 is 2.45 bits per heavy atom. The lowest BCUT2D eigenvalue weighted by atomic mass is 10.0. The van der Waals surface area contributed by atoms with E-state index in [-0.39, 0.29) is 0 Å². The molecule has 0 N–H and O–H groups in total. The number of hydrogen-bond acceptors (Lipinski definition) is 1. The molecule has 0 saturated heterocycles. The van der Waals surface area contributed by atoms with Crippen molar-refractivity contribution >= 4 is 45.6 Å². The highest BCUT2D eigenvalue weighted by atomic mass is 31.1. The van der Waals surface area contributed by atoms with E-state index in [2.05, 4.69) is 97.3 Å². The van der Waals surface area contributed by atoms with E-state index in [1.165, 1.54) is 43.3 Å². The lowest BCUT2D eigenvalue weighted by molar-refractivity contribution is 0.867. The number of pyridine rings is 1. The molecule has 5 aromatic rings. The molecule has 1 unspecified atom stereocenters. The van der Waals surface area contributed by atoms with Crippen LogP contribution in [0, 0.1) is 0 Å². The molecule has 1 aliphatic rings. The van der Waals surface area contributed by atoms with Crippen molar-refractivity contribution in [2.45, 2.75) is 19.8 Å². The van der Waals surface area contributed by atoms with E-state index in [1.54, 1.807) is 0 Å². The summed E-state index contributed by atoms with van der Waals surface area (Å²) in [6, 6.07) is 29.0. The largest absolute Gasteiger partial charge is 0.293 e. The Morgan fingerprint density at radius 2 is 1.62 bits per heavy atom. The Labute approximate surface area is 171 Å². The number of nitrogens with zero attached hydrogens (tertiary/aromatic N) is 2. The predicted molar refractivity (Wildman–Crippen MR) is 125 cm³/mol. The molecule has 0 saturated carbocycles. The Morgan fingerprint density at radius 1 is 0.793 bits per heavy atom. The van der Waals surface area contributed by atoms with Gasteiger partial charge in [-0.25, -0.2) is 4.98 Å². The summed E-state index contributed by atoms with van der Waals surface area (Å²) in [5, 5.41) is 6.77. The average Bonchev–Trinajstić information content (AvgIpc) is 3.10. The third-order valence-corrected chi connectivity index (χ3v) is 8.42. The van der Waals surface area contributed by atoms with Crippen molar-refractivity contribution in [1.29, 1.82) is 0 Å². The lowest BCUT2D eigenvalue weighted by Crippen LogP contribution is -2.30. The van der Waals surface area contributed by atoms with Crippen molar-refractivity contribution in [1.82, 2.24) is 9.55 Å². The number of aromatic nitrogens is 2. The first-order valence-electron chi connectivity index (χ1n) is 10.1. The van der Waals surface area contributed by atoms with Crippen LogP contribution in [0.25, 0.3) is 27.6 Å². The molecule has 2 aromatic heterocycles. The summed E-state index contributed by atoms with van der Waals surface area (Å²) in [7, 11) is -0.628. The van der Waals surface area contributed by atoms with Gasteiger partial charge < -0.3 is 0 Å². The smallest absolute Gasteiger partial charge is 0.145 e. The summed E-state index contributed by atoms with van der Waals surface area (Å²) in [5.74, 6) is 1.58. The van der Waals surface area contributed by atoms with Gasteiger partial charge in [0.05, 0.1) is 11.0 Å². The van der Waals surface area contributed by atoms with Crippen LogP contribution in [0.5, 0.6) is 0 Å². The van der Waals surface area contributed by atoms with Gasteiger partial charge in [0.2, 0.25) is 0 Å². The van der Waals surface area contributed by atoms with Crippen LogP contribution in [0.15, 0.2) is 85.1 Å². The van der Waals surface area contributed by atoms with Crippen LogP contribution >= 0.6 is 7.92 Å². The van der Waals surface area contributed by atoms with Crippen molar-refractivity contribution in [2.75, 3.05) is 0 Å². The molecule has 2 nitrogen and oxygen atoms in total. The summed E-state index contributed by atoms with van der Waals surface area (Å²) < 4.78 is 2.41. The van der Waals surface area contributed by atoms with Crippen molar-refractivity contribution in [2.24, 2.45) is 0 Å². The van der Waals surface area contributed by atoms with E-state index in [4.69, 9.17) is 4.98 Å². The molecule has 3 heterocycles. The van der Waals surface area contributed by atoms with Gasteiger partial charge in [0.15, 0.2) is 0 Å². The topological polar surface area (TPSA) is 17.8 Å². The van der Waals surface area contributed by atoms with E-state index < -0.39 is 7.92 Å². The van der Waals surface area contributed by atoms with Gasteiger partial charge in [0, 0.05) is 27.6 Å². The Bertz CT molecular complexity index is 1380. The van der Waals surface area contributed by atoms with Gasteiger partial charge in [-0.05, 0) is 42.9 Å². The maximum Gasteiger partial charge on any atom is 0.145 e. The van der Waals surface area contributed by atoms with Gasteiger partial charge in [-0.15, -0.1) is 0 Å². The van der Waals surface area contributed by atoms with Gasteiger partial charge in [0.1, 0.15) is 5.82 Å². The molecular formula is C26H21N2P. The summed E-state index contributed by atoms with van der Waals surface area (Å²) in [4.78, 5) is 4.90. The molecule has 29 heavy (non-hydrogen) atoms. The molecule has 0 aliphatic carbocycles. The fraction of sp³-hybridized carbons (Fsp3) is 0.115. The minimum Gasteiger partial charge on any atom is -0.293 e. The highest BCUT2D eigenvalue weighted by Gasteiger charge is 2.31. The van der Waals surface area contributed by atoms with E-state index in [9.17, 15) is 0 Å². The molecule has 0 radical (unpaired) electrons. The third kappa shape index (κ3) is 2.36. The SMILES string of the molecule is CC(C)c1ccc2c3cccc4c3n(c2c1)-c1ncccc1P4c1ccccc1. The molecule has 3 aromatic carbocycles. The van der Waals surface area contributed by atoms with Crippen LogP contribution in [0.1, 0.15) is 25.3 Å². The van der Waals surface area contributed by atoms with Crippen molar-refractivity contribution in [3.8, 4) is 5.82 Å². The molecule has 0 bridgehead atoms. The maximum atomic E-state index is 4.90. The summed E-state index contributed by atoms with van der Waals surface area (Å²) in [5.41, 5.74) is 3.96. The maximum absolute atomic E-state index is 4.90. The molecule has 0 spiro atoms. The van der Waals surface area contributed by atoms with E-state index in [0.717, 1.165) is 5.82 Å². The summed E-state index contributed by atoms with van der Waals surface area (Å²) >= 11 is 0. The first kappa shape index (κ1) is 16.9. The molecule has 0 fully saturated rings. The van der Waals surface area contributed by atoms with Crippen LogP contribution in [0.4, 0.5) is 0 Å². The highest BCUT2D eigenvalue weighted by molar-refractivity contribution is 7.80. The molecule has 1 atom stereocenters. The quantitative estimate of drug-likeness (QED) is 0.362. The Hall–Kier alpha value is -2.96. The Kier molecular flexibility index (Phi) is 3.66. The van der Waals surface area contributed by atoms with Gasteiger partial charge in [-0.2, -0.15) is 0 Å². The first-order valence-corrected chi connectivity index (χ1v) is 11.5. The van der Waals surface area contributed by atoms with Crippen molar-refractivity contribution < 1.29 is 0 Å². The number of para-hydroxylation sites is 1. The Balaban J connectivity index is 1.80. The zero-order valence-electron chi connectivity index (χ0n) is 16.5. The molecule has 0 amide bonds. The molecule has 140 valence electrons. The third-order valence-electron chi connectivity index (χ3n) is 5.93. The number of benzene rings is 3. The average molecular weight is 392 g/mol. The summed E-state index contributed by atoms with van der Waals surface area (Å²) in [6.07, 6.45) is 1.93. The first-order chi connectivity index (χ1) is 14.2. The van der Waals surface area contributed by atoms with Crippen LogP contribution in [-0.4, -0.2) is 9.55 Å². The van der Waals surface area contributed by atoms with Crippen LogP contribution in [0.2, 0.25) is 0 Å². The standard InChI is InChI=1S/C26H21N2P/c1-17(2)18-13-14-20-21-10-6-11-23-25(21)28(22(20)16-18)26-24(12-7-15-27-26)29(23)19-8-4-3-5-9-19/h3-17H,1-2H3. The number of hydrogen-bond donors (Lipinski definition) is 0. The molecule has 1 aliphatic heterocycles. The van der Waals surface area contributed by atoms with E-state index >= 15 is 0 Å². The van der Waals surface area contributed by atoms with Gasteiger partial charge in [-0.3, -0.25) is 4.57 Å². The van der Waals surface area contributed by atoms with Crippen LogP contribution in [-0.2, 0) is 0 Å². The minimum atomic E-state index is -0.628. The van der Waals surface area contributed by atoms with Crippen molar-refractivity contribution in [3.05, 3.63) is 90.6 Å². The monoisotopic (exact) mass is 392 g/mol. The van der Waals surface area contributed by atoms with Crippen LogP contribution < -0.4 is 15.9 Å². The van der Waals surface area contributed by atoms with Gasteiger partial charge >= 0.3 is 0 Å². The summed E-state index contributed by atoms with van der Waals surface area (Å²) in [6.45, 7) is 4.51. The van der Waals surface area contributed by atoms with E-state index in [0.29, 0.717) is 5.92 Å². The second-order valence-corrected chi connectivity index (χ2v) is 10.1. The highest BCUT2D eigenvalue weighted by Crippen LogP contribution is 2.44. The van der Waals surface area contributed by atoms with Crippen LogP contribution in [0.3, 0.4) is 0 Å². The zero-order chi connectivity index (χ0) is 19.5. The zero-order valence-corrected chi connectivity index (χ0v) is 17.4. The molecule has 3 heteroatoms.